The highest BCUT2D eigenvalue weighted by Gasteiger charge is 2.50. The van der Waals surface area contributed by atoms with E-state index in [0.717, 1.165) is 25.7 Å². The molecule has 0 N–H and O–H groups in total. The lowest BCUT2D eigenvalue weighted by molar-refractivity contribution is -0.151. The molecule has 31 heavy (non-hydrogen) atoms. The third-order valence-corrected chi connectivity index (χ3v) is 9.39. The first-order valence-corrected chi connectivity index (χ1v) is 12.1. The summed E-state index contributed by atoms with van der Waals surface area (Å²) in [7, 11) is 8.66. The quantitative estimate of drug-likeness (QED) is 0.651. The maximum Gasteiger partial charge on any atom is 0.242 e. The molecule has 0 aromatic carbocycles. The first kappa shape index (κ1) is 26.6. The highest BCUT2D eigenvalue weighted by molar-refractivity contribution is 5.85. The summed E-state index contributed by atoms with van der Waals surface area (Å²) in [4.78, 5) is 23.3. The fraction of sp³-hybridized carbons (Fsp3) is 0.962. The zero-order chi connectivity index (χ0) is 24.4. The molecule has 2 aliphatic rings. The highest BCUT2D eigenvalue weighted by Crippen LogP contribution is 2.42. The molecule has 2 aliphatic heterocycles. The number of hydrogen-bond acceptors (Lipinski definition) is 4. The van der Waals surface area contributed by atoms with E-state index in [1.54, 1.807) is 0 Å². The van der Waals surface area contributed by atoms with Crippen molar-refractivity contribution in [2.24, 2.45) is 0 Å². The molecular weight excluding hydrogens is 384 g/mol. The van der Waals surface area contributed by atoms with Gasteiger partial charge in [0.15, 0.2) is 0 Å². The van der Waals surface area contributed by atoms with Gasteiger partial charge >= 0.3 is 0 Å². The van der Waals surface area contributed by atoms with E-state index in [-0.39, 0.29) is 34.1 Å². The van der Waals surface area contributed by atoms with Crippen LogP contribution in [-0.2, 0) is 4.79 Å². The van der Waals surface area contributed by atoms with Gasteiger partial charge in [-0.25, -0.2) is 0 Å². The van der Waals surface area contributed by atoms with Gasteiger partial charge in [0.05, 0.1) is 5.54 Å². The smallest absolute Gasteiger partial charge is 0.242 e. The minimum atomic E-state index is -0.543. The van der Waals surface area contributed by atoms with Crippen molar-refractivity contribution in [2.75, 3.05) is 28.2 Å². The number of carbonyl (C=O) groups excluding carboxylic acids is 1. The lowest BCUT2D eigenvalue weighted by Crippen LogP contribution is -2.67. The predicted octanol–water partition coefficient (Wildman–Crippen LogP) is 4.46. The van der Waals surface area contributed by atoms with Crippen LogP contribution >= 0.6 is 0 Å². The Morgan fingerprint density at radius 2 is 1.00 bits per heavy atom. The third-order valence-electron chi connectivity index (χ3n) is 9.39. The third kappa shape index (κ3) is 4.84. The van der Waals surface area contributed by atoms with Crippen molar-refractivity contribution in [3.8, 4) is 0 Å². The molecule has 0 radical (unpaired) electrons. The maximum absolute atomic E-state index is 13.9. The molecule has 182 valence electrons. The van der Waals surface area contributed by atoms with Crippen molar-refractivity contribution in [3.05, 3.63) is 0 Å². The van der Waals surface area contributed by atoms with Crippen molar-refractivity contribution in [1.29, 1.82) is 0 Å². The minimum absolute atomic E-state index is 0.0685. The summed E-state index contributed by atoms with van der Waals surface area (Å²) in [5.41, 5.74) is -0.196. The minimum Gasteiger partial charge on any atom is -0.341 e. The Bertz CT molecular complexity index is 643. The topological polar surface area (TPSA) is 30.0 Å². The number of piperidine rings is 2. The van der Waals surface area contributed by atoms with Crippen LogP contribution < -0.4 is 0 Å². The molecule has 0 atom stereocenters. The number of amides is 1. The molecule has 1 amide bonds. The summed E-state index contributed by atoms with van der Waals surface area (Å²) in [5.74, 6) is 0.241. The second-order valence-corrected chi connectivity index (χ2v) is 13.6. The van der Waals surface area contributed by atoms with Gasteiger partial charge in [0.2, 0.25) is 5.91 Å². The van der Waals surface area contributed by atoms with Crippen LogP contribution in [0.5, 0.6) is 0 Å². The van der Waals surface area contributed by atoms with E-state index >= 15 is 0 Å². The predicted molar refractivity (Wildman–Crippen MR) is 132 cm³/mol. The summed E-state index contributed by atoms with van der Waals surface area (Å²) >= 11 is 0. The summed E-state index contributed by atoms with van der Waals surface area (Å²) in [5, 5.41) is 0. The molecule has 0 aromatic rings. The lowest BCUT2D eigenvalue weighted by atomic mass is 9.75. The molecule has 2 heterocycles. The monoisotopic (exact) mass is 436 g/mol. The Labute approximate surface area is 193 Å². The Balaban J connectivity index is 2.24. The summed E-state index contributed by atoms with van der Waals surface area (Å²) in [6, 6.07) is 0.630. The number of carbonyl (C=O) groups is 1. The first-order chi connectivity index (χ1) is 13.7. The zero-order valence-corrected chi connectivity index (χ0v) is 23.2. The lowest BCUT2D eigenvalue weighted by Gasteiger charge is -2.58. The summed E-state index contributed by atoms with van der Waals surface area (Å²) in [6.07, 6.45) is 4.14. The van der Waals surface area contributed by atoms with E-state index in [2.05, 4.69) is 110 Å². The number of likely N-dealkylation sites (tertiary alicyclic amines) is 2. The van der Waals surface area contributed by atoms with E-state index in [0.29, 0.717) is 6.04 Å². The van der Waals surface area contributed by atoms with Crippen LogP contribution in [0.15, 0.2) is 0 Å². The molecular formula is C26H52N4O. The molecule has 0 aromatic heterocycles. The largest absolute Gasteiger partial charge is 0.341 e. The van der Waals surface area contributed by atoms with Crippen LogP contribution in [0.25, 0.3) is 0 Å². The molecule has 0 spiro atoms. The molecule has 0 bridgehead atoms. The normalized spacial score (nSPS) is 27.5. The Hall–Kier alpha value is -0.650. The Kier molecular flexibility index (Phi) is 6.85. The summed E-state index contributed by atoms with van der Waals surface area (Å²) in [6.45, 7) is 22.8. The van der Waals surface area contributed by atoms with Gasteiger partial charge in [-0.2, -0.15) is 0 Å². The molecule has 0 unspecified atom stereocenters. The van der Waals surface area contributed by atoms with Crippen molar-refractivity contribution < 1.29 is 4.79 Å². The standard InChI is InChI=1S/C26H52N4O/c1-22(2)15-19(16-23(3,4)29(22)13)27(11)21(31)26(9,10)28(12)20-17-24(5,6)30(14)25(7,8)18-20/h19-20H,15-18H2,1-14H3. The molecule has 5 heteroatoms. The SMILES string of the molecule is CN(C(=O)C(C)(C)N(C)C1CC(C)(C)N(C)C(C)(C)C1)C1CC(C)(C)N(C)C(C)(C)C1. The van der Waals surface area contributed by atoms with Gasteiger partial charge in [-0.1, -0.05) is 0 Å². The van der Waals surface area contributed by atoms with Crippen LogP contribution in [0.1, 0.15) is 94.9 Å². The van der Waals surface area contributed by atoms with Gasteiger partial charge in [-0.3, -0.25) is 19.5 Å². The molecule has 2 fully saturated rings. The van der Waals surface area contributed by atoms with Crippen LogP contribution in [0.4, 0.5) is 0 Å². The number of nitrogens with zero attached hydrogens (tertiary/aromatic N) is 4. The molecule has 2 saturated heterocycles. The van der Waals surface area contributed by atoms with Gasteiger partial charge in [0.1, 0.15) is 0 Å². The van der Waals surface area contributed by atoms with Gasteiger partial charge in [-0.15, -0.1) is 0 Å². The highest BCUT2D eigenvalue weighted by atomic mass is 16.2. The average Bonchev–Trinajstić information content (AvgIpc) is 2.60. The molecule has 0 aliphatic carbocycles. The number of rotatable bonds is 4. The fourth-order valence-corrected chi connectivity index (χ4v) is 6.39. The van der Waals surface area contributed by atoms with E-state index in [9.17, 15) is 4.79 Å². The van der Waals surface area contributed by atoms with Crippen molar-refractivity contribution in [2.45, 2.75) is 135 Å². The average molecular weight is 437 g/mol. The van der Waals surface area contributed by atoms with E-state index in [4.69, 9.17) is 0 Å². The second-order valence-electron chi connectivity index (χ2n) is 13.6. The fourth-order valence-electron chi connectivity index (χ4n) is 6.39. The van der Waals surface area contributed by atoms with Crippen LogP contribution in [0, 0.1) is 0 Å². The van der Waals surface area contributed by atoms with Crippen LogP contribution in [0.2, 0.25) is 0 Å². The van der Waals surface area contributed by atoms with E-state index < -0.39 is 5.54 Å². The Morgan fingerprint density at radius 1 is 0.710 bits per heavy atom. The molecule has 2 rings (SSSR count). The van der Waals surface area contributed by atoms with Crippen LogP contribution in [0.3, 0.4) is 0 Å². The Morgan fingerprint density at radius 3 is 1.32 bits per heavy atom. The van der Waals surface area contributed by atoms with Crippen LogP contribution in [-0.4, -0.2) is 93.5 Å². The van der Waals surface area contributed by atoms with E-state index in [1.165, 1.54) is 0 Å². The number of likely N-dealkylation sites (N-methyl/N-ethyl adjacent to an activating group) is 2. The second kappa shape index (κ2) is 7.99. The van der Waals surface area contributed by atoms with Gasteiger partial charge in [0.25, 0.3) is 0 Å². The van der Waals surface area contributed by atoms with Gasteiger partial charge in [0, 0.05) is 41.3 Å². The first-order valence-electron chi connectivity index (χ1n) is 12.1. The van der Waals surface area contributed by atoms with Gasteiger partial charge in [-0.05, 0) is 116 Å². The van der Waals surface area contributed by atoms with Gasteiger partial charge < -0.3 is 4.90 Å². The maximum atomic E-state index is 13.9. The van der Waals surface area contributed by atoms with E-state index in [1.807, 2.05) is 7.05 Å². The van der Waals surface area contributed by atoms with Crippen molar-refractivity contribution in [3.63, 3.8) is 0 Å². The van der Waals surface area contributed by atoms with Crippen molar-refractivity contribution in [1.82, 2.24) is 19.6 Å². The summed E-state index contributed by atoms with van der Waals surface area (Å²) < 4.78 is 0. The van der Waals surface area contributed by atoms with Crippen molar-refractivity contribution >= 4 is 5.91 Å². The zero-order valence-electron chi connectivity index (χ0n) is 23.2. The molecule has 0 saturated carbocycles. The number of hydrogen-bond donors (Lipinski definition) is 0. The molecule has 5 nitrogen and oxygen atoms in total.